The minimum atomic E-state index is -0.185. The zero-order valence-electron chi connectivity index (χ0n) is 11.5. The number of para-hydroxylation sites is 1. The number of amides is 1. The van der Waals surface area contributed by atoms with Crippen LogP contribution in [0.2, 0.25) is 0 Å². The van der Waals surface area contributed by atoms with Crippen molar-refractivity contribution in [3.63, 3.8) is 0 Å². The van der Waals surface area contributed by atoms with Crippen molar-refractivity contribution in [2.24, 2.45) is 0 Å². The van der Waals surface area contributed by atoms with Crippen LogP contribution in [0.1, 0.15) is 16.2 Å². The van der Waals surface area contributed by atoms with E-state index in [0.29, 0.717) is 11.4 Å². The number of hydrogen-bond donors (Lipinski definition) is 1. The van der Waals surface area contributed by atoms with Crippen LogP contribution in [0.25, 0.3) is 5.69 Å². The summed E-state index contributed by atoms with van der Waals surface area (Å²) in [4.78, 5) is 12.2. The topological polar surface area (TPSA) is 72.7 Å². The number of tetrazole rings is 1. The fourth-order valence-electron chi connectivity index (χ4n) is 1.99. The number of benzene rings is 2. The molecule has 1 amide bonds. The van der Waals surface area contributed by atoms with Crippen LogP contribution < -0.4 is 5.32 Å². The first kappa shape index (κ1) is 14.4. The highest BCUT2D eigenvalue weighted by Crippen LogP contribution is 2.15. The van der Waals surface area contributed by atoms with Crippen molar-refractivity contribution in [2.45, 2.75) is 6.54 Å². The van der Waals surface area contributed by atoms with Gasteiger partial charge in [-0.3, -0.25) is 4.79 Å². The monoisotopic (exact) mass is 357 g/mol. The minimum absolute atomic E-state index is 0.185. The van der Waals surface area contributed by atoms with Gasteiger partial charge in [0.25, 0.3) is 5.91 Å². The Morgan fingerprint density at radius 1 is 1.09 bits per heavy atom. The number of hydrogen-bond acceptors (Lipinski definition) is 4. The number of rotatable bonds is 4. The molecular weight excluding hydrogens is 346 g/mol. The predicted octanol–water partition coefficient (Wildman–Crippen LogP) is 2.35. The fraction of sp³-hybridized carbons (Fsp3) is 0.0667. The summed E-state index contributed by atoms with van der Waals surface area (Å²) in [5.41, 5.74) is 1.42. The Morgan fingerprint density at radius 3 is 2.59 bits per heavy atom. The highest BCUT2D eigenvalue weighted by atomic mass is 79.9. The molecular formula is C15H12BrN5O. The molecule has 0 fully saturated rings. The van der Waals surface area contributed by atoms with E-state index in [1.807, 2.05) is 48.5 Å². The minimum Gasteiger partial charge on any atom is -0.345 e. The third-order valence-electron chi connectivity index (χ3n) is 3.06. The lowest BCUT2D eigenvalue weighted by atomic mass is 10.2. The Labute approximate surface area is 135 Å². The van der Waals surface area contributed by atoms with E-state index in [-0.39, 0.29) is 12.5 Å². The van der Waals surface area contributed by atoms with E-state index in [0.717, 1.165) is 10.2 Å². The maximum absolute atomic E-state index is 12.2. The van der Waals surface area contributed by atoms with Crippen molar-refractivity contribution in [1.29, 1.82) is 0 Å². The maximum atomic E-state index is 12.2. The molecule has 0 saturated heterocycles. The van der Waals surface area contributed by atoms with Crippen molar-refractivity contribution in [3.8, 4) is 5.69 Å². The van der Waals surface area contributed by atoms with Gasteiger partial charge < -0.3 is 5.32 Å². The zero-order chi connectivity index (χ0) is 15.4. The van der Waals surface area contributed by atoms with Crippen LogP contribution in [-0.2, 0) is 6.54 Å². The SMILES string of the molecule is O=C(NCc1nnnn1-c1ccccc1)c1ccccc1Br. The van der Waals surface area contributed by atoms with E-state index >= 15 is 0 Å². The van der Waals surface area contributed by atoms with Gasteiger partial charge in [0.2, 0.25) is 0 Å². The lowest BCUT2D eigenvalue weighted by Gasteiger charge is -2.07. The summed E-state index contributed by atoms with van der Waals surface area (Å²) >= 11 is 3.36. The van der Waals surface area contributed by atoms with Crippen LogP contribution in [0.4, 0.5) is 0 Å². The second kappa shape index (κ2) is 6.48. The largest absolute Gasteiger partial charge is 0.345 e. The summed E-state index contributed by atoms with van der Waals surface area (Å²) in [7, 11) is 0. The molecule has 1 aromatic heterocycles. The number of aromatic nitrogens is 4. The molecule has 7 heteroatoms. The van der Waals surface area contributed by atoms with Gasteiger partial charge in [-0.2, -0.15) is 4.68 Å². The molecule has 0 aliphatic carbocycles. The predicted molar refractivity (Wildman–Crippen MR) is 84.5 cm³/mol. The third-order valence-corrected chi connectivity index (χ3v) is 3.75. The molecule has 1 heterocycles. The van der Waals surface area contributed by atoms with Gasteiger partial charge in [-0.15, -0.1) is 5.10 Å². The molecule has 0 unspecified atom stereocenters. The second-order valence-electron chi connectivity index (χ2n) is 4.50. The van der Waals surface area contributed by atoms with E-state index in [4.69, 9.17) is 0 Å². The van der Waals surface area contributed by atoms with Crippen LogP contribution in [0.3, 0.4) is 0 Å². The number of nitrogens with one attached hydrogen (secondary N) is 1. The third kappa shape index (κ3) is 3.04. The van der Waals surface area contributed by atoms with Crippen LogP contribution in [0, 0.1) is 0 Å². The van der Waals surface area contributed by atoms with Crippen molar-refractivity contribution in [1.82, 2.24) is 25.5 Å². The molecule has 0 bridgehead atoms. The standard InChI is InChI=1S/C15H12BrN5O/c16-13-9-5-4-8-12(13)15(22)17-10-14-18-19-20-21(14)11-6-2-1-3-7-11/h1-9H,10H2,(H,17,22). The summed E-state index contributed by atoms with van der Waals surface area (Å²) < 4.78 is 2.34. The molecule has 22 heavy (non-hydrogen) atoms. The number of carbonyl (C=O) groups excluding carboxylic acids is 1. The molecule has 0 aliphatic heterocycles. The number of halogens is 1. The van der Waals surface area contributed by atoms with Crippen LogP contribution in [0.15, 0.2) is 59.1 Å². The van der Waals surface area contributed by atoms with Gasteiger partial charge in [-0.1, -0.05) is 30.3 Å². The van der Waals surface area contributed by atoms with Gasteiger partial charge in [-0.05, 0) is 50.6 Å². The highest BCUT2D eigenvalue weighted by Gasteiger charge is 2.12. The van der Waals surface area contributed by atoms with Gasteiger partial charge in [0.15, 0.2) is 5.82 Å². The summed E-state index contributed by atoms with van der Waals surface area (Å²) in [6.07, 6.45) is 0. The zero-order valence-corrected chi connectivity index (χ0v) is 13.1. The Morgan fingerprint density at radius 2 is 1.82 bits per heavy atom. The highest BCUT2D eigenvalue weighted by molar-refractivity contribution is 9.10. The van der Waals surface area contributed by atoms with Crippen LogP contribution >= 0.6 is 15.9 Å². The van der Waals surface area contributed by atoms with E-state index in [1.54, 1.807) is 10.7 Å². The molecule has 3 rings (SSSR count). The average Bonchev–Trinajstić information content (AvgIpc) is 3.02. The number of nitrogens with zero attached hydrogens (tertiary/aromatic N) is 4. The van der Waals surface area contributed by atoms with E-state index < -0.39 is 0 Å². The van der Waals surface area contributed by atoms with Crippen molar-refractivity contribution < 1.29 is 4.79 Å². The van der Waals surface area contributed by atoms with Gasteiger partial charge in [0, 0.05) is 4.47 Å². The Kier molecular flexibility index (Phi) is 4.24. The molecule has 0 radical (unpaired) electrons. The average molecular weight is 358 g/mol. The van der Waals surface area contributed by atoms with Gasteiger partial charge >= 0.3 is 0 Å². The first-order valence-corrected chi connectivity index (χ1v) is 7.40. The molecule has 2 aromatic carbocycles. The van der Waals surface area contributed by atoms with Gasteiger partial charge in [0.1, 0.15) is 0 Å². The molecule has 0 atom stereocenters. The molecule has 110 valence electrons. The van der Waals surface area contributed by atoms with E-state index in [9.17, 15) is 4.79 Å². The Hall–Kier alpha value is -2.54. The van der Waals surface area contributed by atoms with Crippen molar-refractivity contribution in [3.05, 3.63) is 70.5 Å². The van der Waals surface area contributed by atoms with Crippen molar-refractivity contribution in [2.75, 3.05) is 0 Å². The molecule has 0 spiro atoms. The number of carbonyl (C=O) groups is 1. The van der Waals surface area contributed by atoms with Gasteiger partial charge in [-0.25, -0.2) is 0 Å². The second-order valence-corrected chi connectivity index (χ2v) is 5.36. The maximum Gasteiger partial charge on any atom is 0.252 e. The van der Waals surface area contributed by atoms with Gasteiger partial charge in [0.05, 0.1) is 17.8 Å². The molecule has 1 N–H and O–H groups in total. The Balaban J connectivity index is 1.75. The van der Waals surface area contributed by atoms with Crippen LogP contribution in [0.5, 0.6) is 0 Å². The summed E-state index contributed by atoms with van der Waals surface area (Å²) in [5.74, 6) is 0.377. The van der Waals surface area contributed by atoms with Crippen molar-refractivity contribution >= 4 is 21.8 Å². The lowest BCUT2D eigenvalue weighted by Crippen LogP contribution is -2.25. The van der Waals surface area contributed by atoms with E-state index in [2.05, 4.69) is 36.8 Å². The molecule has 0 aliphatic rings. The van der Waals surface area contributed by atoms with Crippen LogP contribution in [-0.4, -0.2) is 26.1 Å². The summed E-state index contributed by atoms with van der Waals surface area (Å²) in [6, 6.07) is 16.8. The fourth-order valence-corrected chi connectivity index (χ4v) is 2.45. The quantitative estimate of drug-likeness (QED) is 0.777. The summed E-state index contributed by atoms with van der Waals surface area (Å²) in [6.45, 7) is 0.238. The molecule has 0 saturated carbocycles. The normalized spacial score (nSPS) is 10.4. The first-order valence-electron chi connectivity index (χ1n) is 6.61. The Bertz CT molecular complexity index is 787. The first-order chi connectivity index (χ1) is 10.8. The molecule has 3 aromatic rings. The molecule has 6 nitrogen and oxygen atoms in total. The lowest BCUT2D eigenvalue weighted by molar-refractivity contribution is 0.0949. The summed E-state index contributed by atoms with van der Waals surface area (Å²) in [5, 5.41) is 14.4. The van der Waals surface area contributed by atoms with E-state index in [1.165, 1.54) is 0 Å². The smallest absolute Gasteiger partial charge is 0.252 e.